The van der Waals surface area contributed by atoms with Crippen molar-refractivity contribution in [2.45, 2.75) is 13.3 Å². The summed E-state index contributed by atoms with van der Waals surface area (Å²) in [5.41, 5.74) is 7.36. The Balaban J connectivity index is 2.33. The molecular weight excluding hydrogens is 286 g/mol. The van der Waals surface area contributed by atoms with E-state index in [1.54, 1.807) is 13.0 Å². The molecule has 0 spiro atoms. The van der Waals surface area contributed by atoms with E-state index in [1.165, 1.54) is 0 Å². The zero-order valence-electron chi connectivity index (χ0n) is 11.5. The van der Waals surface area contributed by atoms with Gasteiger partial charge in [-0.2, -0.15) is 0 Å². The van der Waals surface area contributed by atoms with Crippen LogP contribution in [0.3, 0.4) is 0 Å². The van der Waals surface area contributed by atoms with Crippen molar-refractivity contribution < 1.29 is 4.79 Å². The average molecular weight is 300 g/mol. The van der Waals surface area contributed by atoms with Gasteiger partial charge in [0, 0.05) is 12.0 Å². The molecule has 0 radical (unpaired) electrons. The van der Waals surface area contributed by atoms with Crippen LogP contribution in [0.1, 0.15) is 24.6 Å². The number of amides is 1. The van der Waals surface area contributed by atoms with Gasteiger partial charge in [0.25, 0.3) is 0 Å². The molecule has 0 aliphatic heterocycles. The van der Waals surface area contributed by atoms with Crippen molar-refractivity contribution in [3.8, 4) is 11.8 Å². The quantitative estimate of drug-likeness (QED) is 0.837. The number of hydrogen-bond acceptors (Lipinski definition) is 3. The maximum Gasteiger partial charge on any atom is 0.225 e. The molecule has 0 aliphatic rings. The predicted octanol–water partition coefficient (Wildman–Crippen LogP) is 3.07. The number of pyridine rings is 1. The summed E-state index contributed by atoms with van der Waals surface area (Å²) in [6.45, 7) is 1.74. The standard InChI is InChI=1S/C16H14ClN3O/c1-2-14(21)20-16-15(18)13(17)10-12(19-16)9-8-11-6-4-3-5-7-11/h3-7,10H,2,18H2,1H3,(H,19,20,21). The number of nitrogens with one attached hydrogen (secondary N) is 1. The van der Waals surface area contributed by atoms with E-state index in [0.717, 1.165) is 5.56 Å². The third kappa shape index (κ3) is 3.98. The van der Waals surface area contributed by atoms with Crippen LogP contribution in [-0.4, -0.2) is 10.9 Å². The van der Waals surface area contributed by atoms with E-state index >= 15 is 0 Å². The summed E-state index contributed by atoms with van der Waals surface area (Å²) in [6.07, 6.45) is 0.332. The van der Waals surface area contributed by atoms with Gasteiger partial charge in [-0.15, -0.1) is 0 Å². The molecule has 0 unspecified atom stereocenters. The number of halogens is 1. The SMILES string of the molecule is CCC(=O)Nc1nc(C#Cc2ccccc2)cc(Cl)c1N. The zero-order chi connectivity index (χ0) is 15.2. The second kappa shape index (κ2) is 6.78. The number of nitrogens with two attached hydrogens (primary N) is 1. The van der Waals surface area contributed by atoms with Crippen molar-refractivity contribution in [3.05, 3.63) is 52.7 Å². The van der Waals surface area contributed by atoms with Gasteiger partial charge in [0.05, 0.1) is 10.7 Å². The molecule has 2 rings (SSSR count). The topological polar surface area (TPSA) is 68.0 Å². The van der Waals surface area contributed by atoms with E-state index in [1.807, 2.05) is 30.3 Å². The first-order valence-corrected chi connectivity index (χ1v) is 6.81. The second-order valence-electron chi connectivity index (χ2n) is 4.27. The monoisotopic (exact) mass is 299 g/mol. The highest BCUT2D eigenvalue weighted by Gasteiger charge is 2.09. The summed E-state index contributed by atoms with van der Waals surface area (Å²) >= 11 is 6.04. The van der Waals surface area contributed by atoms with Crippen LogP contribution in [0.5, 0.6) is 0 Å². The van der Waals surface area contributed by atoms with Gasteiger partial charge in [0.2, 0.25) is 5.91 Å². The minimum atomic E-state index is -0.182. The lowest BCUT2D eigenvalue weighted by Gasteiger charge is -2.08. The highest BCUT2D eigenvalue weighted by atomic mass is 35.5. The first kappa shape index (κ1) is 14.9. The Kier molecular flexibility index (Phi) is 4.81. The van der Waals surface area contributed by atoms with Crippen molar-refractivity contribution in [1.82, 2.24) is 4.98 Å². The Morgan fingerprint density at radius 2 is 2.05 bits per heavy atom. The predicted molar refractivity (Wildman–Crippen MR) is 85.0 cm³/mol. The van der Waals surface area contributed by atoms with E-state index < -0.39 is 0 Å². The van der Waals surface area contributed by atoms with E-state index in [2.05, 4.69) is 22.1 Å². The summed E-state index contributed by atoms with van der Waals surface area (Å²) in [4.78, 5) is 15.7. The molecular formula is C16H14ClN3O. The fraction of sp³-hybridized carbons (Fsp3) is 0.125. The number of anilines is 2. The molecule has 2 aromatic rings. The third-order valence-corrected chi connectivity index (χ3v) is 3.01. The molecule has 0 bridgehead atoms. The van der Waals surface area contributed by atoms with Crippen LogP contribution < -0.4 is 11.1 Å². The van der Waals surface area contributed by atoms with Crippen LogP contribution in [0, 0.1) is 11.8 Å². The Morgan fingerprint density at radius 1 is 1.33 bits per heavy atom. The third-order valence-electron chi connectivity index (χ3n) is 2.70. The van der Waals surface area contributed by atoms with Crippen LogP contribution in [0.15, 0.2) is 36.4 Å². The molecule has 3 N–H and O–H groups in total. The highest BCUT2D eigenvalue weighted by molar-refractivity contribution is 6.33. The molecule has 0 saturated carbocycles. The van der Waals surface area contributed by atoms with Crippen molar-refractivity contribution in [1.29, 1.82) is 0 Å². The van der Waals surface area contributed by atoms with Crippen LogP contribution in [0.4, 0.5) is 11.5 Å². The first-order valence-electron chi connectivity index (χ1n) is 6.43. The number of carbonyl (C=O) groups is 1. The normalized spacial score (nSPS) is 9.62. The lowest BCUT2D eigenvalue weighted by atomic mass is 10.2. The van der Waals surface area contributed by atoms with Gasteiger partial charge in [0.1, 0.15) is 5.69 Å². The minimum absolute atomic E-state index is 0.182. The van der Waals surface area contributed by atoms with Gasteiger partial charge in [-0.05, 0) is 24.1 Å². The Morgan fingerprint density at radius 3 is 2.71 bits per heavy atom. The fourth-order valence-electron chi connectivity index (χ4n) is 1.56. The largest absolute Gasteiger partial charge is 0.395 e. The van der Waals surface area contributed by atoms with Gasteiger partial charge in [-0.1, -0.05) is 42.6 Å². The van der Waals surface area contributed by atoms with Crippen LogP contribution in [-0.2, 0) is 4.79 Å². The first-order chi connectivity index (χ1) is 10.1. The Hall–Kier alpha value is -2.51. The molecule has 1 aromatic carbocycles. The minimum Gasteiger partial charge on any atom is -0.395 e. The number of benzene rings is 1. The van der Waals surface area contributed by atoms with Crippen molar-refractivity contribution in [2.75, 3.05) is 11.1 Å². The number of carbonyl (C=O) groups excluding carboxylic acids is 1. The van der Waals surface area contributed by atoms with Crippen molar-refractivity contribution in [2.24, 2.45) is 0 Å². The number of nitrogen functional groups attached to an aromatic ring is 1. The molecule has 0 aliphatic carbocycles. The Bertz CT molecular complexity index is 718. The van der Waals surface area contributed by atoms with Gasteiger partial charge in [0.15, 0.2) is 5.82 Å². The maximum atomic E-state index is 11.4. The summed E-state index contributed by atoms with van der Waals surface area (Å²) in [7, 11) is 0. The zero-order valence-corrected chi connectivity index (χ0v) is 12.2. The molecule has 0 atom stereocenters. The van der Waals surface area contributed by atoms with E-state index in [4.69, 9.17) is 17.3 Å². The maximum absolute atomic E-state index is 11.4. The summed E-state index contributed by atoms with van der Waals surface area (Å²) in [5.74, 6) is 5.95. The summed E-state index contributed by atoms with van der Waals surface area (Å²) in [5, 5.41) is 2.93. The van der Waals surface area contributed by atoms with Crippen molar-refractivity contribution in [3.63, 3.8) is 0 Å². The smallest absolute Gasteiger partial charge is 0.225 e. The van der Waals surface area contributed by atoms with Gasteiger partial charge >= 0.3 is 0 Å². The molecule has 1 amide bonds. The highest BCUT2D eigenvalue weighted by Crippen LogP contribution is 2.26. The lowest BCUT2D eigenvalue weighted by molar-refractivity contribution is -0.115. The molecule has 4 nitrogen and oxygen atoms in total. The summed E-state index contributed by atoms with van der Waals surface area (Å²) < 4.78 is 0. The molecule has 5 heteroatoms. The van der Waals surface area contributed by atoms with E-state index in [9.17, 15) is 4.79 Å². The fourth-order valence-corrected chi connectivity index (χ4v) is 1.75. The molecule has 0 saturated heterocycles. The Labute approximate surface area is 128 Å². The number of hydrogen-bond donors (Lipinski definition) is 2. The van der Waals surface area contributed by atoms with Gasteiger partial charge < -0.3 is 11.1 Å². The average Bonchev–Trinajstić information content (AvgIpc) is 2.50. The molecule has 1 heterocycles. The van der Waals surface area contributed by atoms with Crippen LogP contribution in [0.2, 0.25) is 5.02 Å². The molecule has 106 valence electrons. The van der Waals surface area contributed by atoms with E-state index in [-0.39, 0.29) is 17.4 Å². The molecule has 0 fully saturated rings. The van der Waals surface area contributed by atoms with Gasteiger partial charge in [-0.3, -0.25) is 4.79 Å². The molecule has 1 aromatic heterocycles. The second-order valence-corrected chi connectivity index (χ2v) is 4.68. The summed E-state index contributed by atoms with van der Waals surface area (Å²) in [6, 6.07) is 11.1. The van der Waals surface area contributed by atoms with Crippen LogP contribution >= 0.6 is 11.6 Å². The number of aromatic nitrogens is 1. The lowest BCUT2D eigenvalue weighted by Crippen LogP contribution is -2.13. The number of nitrogens with zero attached hydrogens (tertiary/aromatic N) is 1. The van der Waals surface area contributed by atoms with Gasteiger partial charge in [-0.25, -0.2) is 4.98 Å². The number of rotatable bonds is 2. The van der Waals surface area contributed by atoms with Crippen molar-refractivity contribution >= 4 is 29.0 Å². The molecule has 21 heavy (non-hydrogen) atoms. The van der Waals surface area contributed by atoms with E-state index in [0.29, 0.717) is 17.1 Å². The van der Waals surface area contributed by atoms with Crippen LogP contribution in [0.25, 0.3) is 0 Å².